The number of para-hydroxylation sites is 1. The SMILES string of the molecule is CSc1cccc(NC2CCOc3ccccc32)c1. The fourth-order valence-corrected chi connectivity index (χ4v) is 2.87. The minimum Gasteiger partial charge on any atom is -0.493 e. The molecule has 1 aliphatic rings. The van der Waals surface area contributed by atoms with Crippen LogP contribution in [0.2, 0.25) is 0 Å². The van der Waals surface area contributed by atoms with E-state index in [0.717, 1.165) is 18.8 Å². The number of nitrogens with one attached hydrogen (secondary N) is 1. The molecule has 0 spiro atoms. The van der Waals surface area contributed by atoms with Gasteiger partial charge < -0.3 is 10.1 Å². The van der Waals surface area contributed by atoms with Crippen molar-refractivity contribution in [1.82, 2.24) is 0 Å². The molecular formula is C16H17NOS. The number of hydrogen-bond acceptors (Lipinski definition) is 3. The second-order valence-electron chi connectivity index (χ2n) is 4.60. The van der Waals surface area contributed by atoms with Crippen LogP contribution in [0, 0.1) is 0 Å². The smallest absolute Gasteiger partial charge is 0.124 e. The molecule has 19 heavy (non-hydrogen) atoms. The first-order chi connectivity index (χ1) is 9.36. The quantitative estimate of drug-likeness (QED) is 0.839. The van der Waals surface area contributed by atoms with E-state index in [1.165, 1.54) is 16.1 Å². The van der Waals surface area contributed by atoms with E-state index >= 15 is 0 Å². The molecule has 0 radical (unpaired) electrons. The number of thioether (sulfide) groups is 1. The molecule has 0 fully saturated rings. The van der Waals surface area contributed by atoms with Crippen LogP contribution in [0.5, 0.6) is 5.75 Å². The van der Waals surface area contributed by atoms with Gasteiger partial charge in [0.05, 0.1) is 12.6 Å². The molecule has 3 rings (SSSR count). The van der Waals surface area contributed by atoms with Crippen LogP contribution < -0.4 is 10.1 Å². The van der Waals surface area contributed by atoms with Gasteiger partial charge in [0.1, 0.15) is 5.75 Å². The Morgan fingerprint density at radius 2 is 2.05 bits per heavy atom. The average Bonchev–Trinajstić information content (AvgIpc) is 2.48. The average molecular weight is 271 g/mol. The van der Waals surface area contributed by atoms with Gasteiger partial charge in [0.15, 0.2) is 0 Å². The van der Waals surface area contributed by atoms with Gasteiger partial charge in [0.2, 0.25) is 0 Å². The Labute approximate surface area is 118 Å². The maximum atomic E-state index is 5.69. The molecule has 0 bridgehead atoms. The van der Waals surface area contributed by atoms with E-state index in [-0.39, 0.29) is 0 Å². The Bertz CT molecular complexity index is 570. The van der Waals surface area contributed by atoms with Crippen molar-refractivity contribution < 1.29 is 4.74 Å². The topological polar surface area (TPSA) is 21.3 Å². The molecule has 0 amide bonds. The van der Waals surface area contributed by atoms with Crippen molar-refractivity contribution in [2.24, 2.45) is 0 Å². The predicted molar refractivity (Wildman–Crippen MR) is 81.1 cm³/mol. The van der Waals surface area contributed by atoms with E-state index in [0.29, 0.717) is 6.04 Å². The third-order valence-electron chi connectivity index (χ3n) is 3.37. The highest BCUT2D eigenvalue weighted by molar-refractivity contribution is 7.98. The maximum absolute atomic E-state index is 5.69. The predicted octanol–water partition coefficient (Wildman–Crippen LogP) is 4.34. The molecule has 1 N–H and O–H groups in total. The highest BCUT2D eigenvalue weighted by atomic mass is 32.2. The maximum Gasteiger partial charge on any atom is 0.124 e. The second kappa shape index (κ2) is 5.57. The van der Waals surface area contributed by atoms with E-state index in [1.54, 1.807) is 11.8 Å². The fourth-order valence-electron chi connectivity index (χ4n) is 2.41. The zero-order valence-corrected chi connectivity index (χ0v) is 11.7. The molecule has 1 atom stereocenters. The molecule has 3 heteroatoms. The van der Waals surface area contributed by atoms with E-state index in [1.807, 2.05) is 12.1 Å². The van der Waals surface area contributed by atoms with Gasteiger partial charge in [-0.2, -0.15) is 0 Å². The number of anilines is 1. The molecule has 0 aromatic heterocycles. The van der Waals surface area contributed by atoms with Crippen molar-refractivity contribution in [2.75, 3.05) is 18.2 Å². The summed E-state index contributed by atoms with van der Waals surface area (Å²) in [4.78, 5) is 1.28. The molecule has 0 saturated carbocycles. The summed E-state index contributed by atoms with van der Waals surface area (Å²) in [5.74, 6) is 1.01. The van der Waals surface area contributed by atoms with Crippen LogP contribution in [-0.4, -0.2) is 12.9 Å². The van der Waals surface area contributed by atoms with Crippen molar-refractivity contribution in [3.8, 4) is 5.75 Å². The third-order valence-corrected chi connectivity index (χ3v) is 4.09. The molecule has 1 heterocycles. The Balaban J connectivity index is 1.84. The van der Waals surface area contributed by atoms with Gasteiger partial charge in [-0.1, -0.05) is 24.3 Å². The normalized spacial score (nSPS) is 17.4. The number of fused-ring (bicyclic) bond motifs is 1. The van der Waals surface area contributed by atoms with Crippen LogP contribution in [0.15, 0.2) is 53.4 Å². The Kier molecular flexibility index (Phi) is 3.65. The molecule has 1 aliphatic heterocycles. The number of benzene rings is 2. The summed E-state index contributed by atoms with van der Waals surface area (Å²) in [5, 5.41) is 3.62. The zero-order chi connectivity index (χ0) is 13.1. The van der Waals surface area contributed by atoms with E-state index in [9.17, 15) is 0 Å². The summed E-state index contributed by atoms with van der Waals surface area (Å²) in [6.07, 6.45) is 3.10. The standard InChI is InChI=1S/C16H17NOS/c1-19-13-6-4-5-12(11-13)17-15-9-10-18-16-8-3-2-7-14(15)16/h2-8,11,15,17H,9-10H2,1H3. The largest absolute Gasteiger partial charge is 0.493 e. The van der Waals surface area contributed by atoms with Gasteiger partial charge in [-0.15, -0.1) is 11.8 Å². The molecule has 0 saturated heterocycles. The third kappa shape index (κ3) is 2.71. The van der Waals surface area contributed by atoms with Gasteiger partial charge in [-0.3, -0.25) is 0 Å². The van der Waals surface area contributed by atoms with Gasteiger partial charge in [-0.25, -0.2) is 0 Å². The molecule has 2 aromatic rings. The first-order valence-electron chi connectivity index (χ1n) is 6.49. The molecule has 98 valence electrons. The van der Waals surface area contributed by atoms with Crippen molar-refractivity contribution in [3.63, 3.8) is 0 Å². The molecular weight excluding hydrogens is 254 g/mol. The summed E-state index contributed by atoms with van der Waals surface area (Å²) in [5.41, 5.74) is 2.43. The Morgan fingerprint density at radius 3 is 2.95 bits per heavy atom. The number of ether oxygens (including phenoxy) is 1. The molecule has 1 unspecified atom stereocenters. The summed E-state index contributed by atoms with van der Waals surface area (Å²) in [7, 11) is 0. The molecule has 2 aromatic carbocycles. The van der Waals surface area contributed by atoms with Crippen molar-refractivity contribution >= 4 is 17.4 Å². The lowest BCUT2D eigenvalue weighted by molar-refractivity contribution is 0.274. The van der Waals surface area contributed by atoms with Crippen LogP contribution in [-0.2, 0) is 0 Å². The van der Waals surface area contributed by atoms with Crippen molar-refractivity contribution in [1.29, 1.82) is 0 Å². The van der Waals surface area contributed by atoms with Crippen LogP contribution in [0.3, 0.4) is 0 Å². The van der Waals surface area contributed by atoms with Gasteiger partial charge >= 0.3 is 0 Å². The monoisotopic (exact) mass is 271 g/mol. The first-order valence-corrected chi connectivity index (χ1v) is 7.71. The van der Waals surface area contributed by atoms with Crippen LogP contribution >= 0.6 is 11.8 Å². The highest BCUT2D eigenvalue weighted by Crippen LogP contribution is 2.34. The van der Waals surface area contributed by atoms with Crippen molar-refractivity contribution in [2.45, 2.75) is 17.4 Å². The number of rotatable bonds is 3. The molecule has 0 aliphatic carbocycles. The highest BCUT2D eigenvalue weighted by Gasteiger charge is 2.20. The Hall–Kier alpha value is -1.61. The minimum absolute atomic E-state index is 0.335. The second-order valence-corrected chi connectivity index (χ2v) is 5.48. The lowest BCUT2D eigenvalue weighted by Gasteiger charge is -2.27. The van der Waals surface area contributed by atoms with Crippen molar-refractivity contribution in [3.05, 3.63) is 54.1 Å². The van der Waals surface area contributed by atoms with E-state index in [4.69, 9.17) is 4.74 Å². The lowest BCUT2D eigenvalue weighted by Crippen LogP contribution is -2.20. The summed E-state index contributed by atoms with van der Waals surface area (Å²) in [6.45, 7) is 0.775. The van der Waals surface area contributed by atoms with Crippen LogP contribution in [0.1, 0.15) is 18.0 Å². The minimum atomic E-state index is 0.335. The zero-order valence-electron chi connectivity index (χ0n) is 10.9. The Morgan fingerprint density at radius 1 is 1.16 bits per heavy atom. The van der Waals surface area contributed by atoms with Gasteiger partial charge in [0, 0.05) is 22.6 Å². The first kappa shape index (κ1) is 12.4. The summed E-state index contributed by atoms with van der Waals surface area (Å²) in [6, 6.07) is 17.2. The fraction of sp³-hybridized carbons (Fsp3) is 0.250. The summed E-state index contributed by atoms with van der Waals surface area (Å²) < 4.78 is 5.69. The number of hydrogen-bond donors (Lipinski definition) is 1. The van der Waals surface area contributed by atoms with Crippen LogP contribution in [0.4, 0.5) is 5.69 Å². The van der Waals surface area contributed by atoms with Gasteiger partial charge in [-0.05, 0) is 30.5 Å². The van der Waals surface area contributed by atoms with E-state index in [2.05, 4.69) is 48.0 Å². The molecule has 2 nitrogen and oxygen atoms in total. The lowest BCUT2D eigenvalue weighted by atomic mass is 10.0. The van der Waals surface area contributed by atoms with E-state index < -0.39 is 0 Å². The van der Waals surface area contributed by atoms with Gasteiger partial charge in [0.25, 0.3) is 0 Å². The summed E-state index contributed by atoms with van der Waals surface area (Å²) >= 11 is 1.77. The van der Waals surface area contributed by atoms with Crippen LogP contribution in [0.25, 0.3) is 0 Å².